The topological polar surface area (TPSA) is 75.8 Å². The van der Waals surface area contributed by atoms with Crippen LogP contribution in [-0.4, -0.2) is 40.3 Å². The van der Waals surface area contributed by atoms with Crippen molar-refractivity contribution in [3.8, 4) is 5.75 Å². The lowest BCUT2D eigenvalue weighted by atomic mass is 10.0. The molecule has 6 heteroatoms. The fourth-order valence-corrected chi connectivity index (χ4v) is 2.45. The van der Waals surface area contributed by atoms with Gasteiger partial charge in [0, 0.05) is 12.1 Å². The Labute approximate surface area is 128 Å². The molecule has 2 aliphatic rings. The molecule has 1 heterocycles. The second-order valence-corrected chi connectivity index (χ2v) is 6.67. The molecule has 5 nitrogen and oxygen atoms in total. The van der Waals surface area contributed by atoms with Gasteiger partial charge in [-0.15, -0.1) is 0 Å². The van der Waals surface area contributed by atoms with E-state index in [1.165, 1.54) is 18.7 Å². The van der Waals surface area contributed by atoms with Crippen molar-refractivity contribution in [2.24, 2.45) is 0 Å². The summed E-state index contributed by atoms with van der Waals surface area (Å²) in [7, 11) is 0. The zero-order chi connectivity index (χ0) is 16.1. The van der Waals surface area contributed by atoms with Crippen LogP contribution in [0.25, 0.3) is 0 Å². The Bertz CT molecular complexity index is 608. The fourth-order valence-electron chi connectivity index (χ4n) is 2.45. The second kappa shape index (κ2) is 5.12. The van der Waals surface area contributed by atoms with Crippen LogP contribution in [-0.2, 0) is 6.54 Å². The van der Waals surface area contributed by atoms with E-state index in [9.17, 15) is 14.3 Å². The monoisotopic (exact) mass is 308 g/mol. The number of halogens is 1. The highest BCUT2D eigenvalue weighted by Crippen LogP contribution is 2.36. The number of benzene rings is 1. The Morgan fingerprint density at radius 1 is 1.50 bits per heavy atom. The minimum absolute atomic E-state index is 0.143. The van der Waals surface area contributed by atoms with E-state index in [-0.39, 0.29) is 18.6 Å². The van der Waals surface area contributed by atoms with Gasteiger partial charge in [-0.1, -0.05) is 0 Å². The standard InChI is InChI=1S/C16H21FN2O3/c1-16(2,21)14(17)8-19-7-9-5-12(18)13(22-10-3-4-10)6-11(9)15(19)20/h5-6,10,14,21H,3-4,7-8,18H2,1-2H3/t14-/m1/s1. The van der Waals surface area contributed by atoms with Crippen molar-refractivity contribution in [2.45, 2.75) is 51.1 Å². The molecule has 1 saturated carbocycles. The van der Waals surface area contributed by atoms with Crippen LogP contribution in [0, 0.1) is 0 Å². The number of ether oxygens (including phenoxy) is 1. The quantitative estimate of drug-likeness (QED) is 0.814. The van der Waals surface area contributed by atoms with Crippen LogP contribution in [0.1, 0.15) is 42.6 Å². The number of hydrogen-bond acceptors (Lipinski definition) is 4. The smallest absolute Gasteiger partial charge is 0.254 e. The molecule has 1 aromatic carbocycles. The largest absolute Gasteiger partial charge is 0.488 e. The highest BCUT2D eigenvalue weighted by molar-refractivity contribution is 5.99. The van der Waals surface area contributed by atoms with Crippen molar-refractivity contribution in [1.82, 2.24) is 4.90 Å². The number of carbonyl (C=O) groups is 1. The lowest BCUT2D eigenvalue weighted by molar-refractivity contribution is -0.0159. The Balaban J connectivity index is 1.78. The summed E-state index contributed by atoms with van der Waals surface area (Å²) in [5, 5.41) is 9.69. The maximum Gasteiger partial charge on any atom is 0.254 e. The summed E-state index contributed by atoms with van der Waals surface area (Å²) >= 11 is 0. The predicted octanol–water partition coefficient (Wildman–Crippen LogP) is 1.87. The Morgan fingerprint density at radius 3 is 2.77 bits per heavy atom. The highest BCUT2D eigenvalue weighted by atomic mass is 19.1. The maximum absolute atomic E-state index is 14.0. The first-order valence-corrected chi connectivity index (χ1v) is 7.50. The lowest BCUT2D eigenvalue weighted by Crippen LogP contribution is -2.42. The Hall–Kier alpha value is -1.82. The van der Waals surface area contributed by atoms with Gasteiger partial charge in [0.15, 0.2) is 0 Å². The summed E-state index contributed by atoms with van der Waals surface area (Å²) in [4.78, 5) is 13.8. The van der Waals surface area contributed by atoms with Gasteiger partial charge in [-0.25, -0.2) is 4.39 Å². The van der Waals surface area contributed by atoms with Crippen molar-refractivity contribution in [1.29, 1.82) is 0 Å². The molecule has 120 valence electrons. The minimum Gasteiger partial charge on any atom is -0.488 e. The number of carbonyl (C=O) groups excluding carboxylic acids is 1. The van der Waals surface area contributed by atoms with Gasteiger partial charge in [0.25, 0.3) is 5.91 Å². The van der Waals surface area contributed by atoms with Crippen molar-refractivity contribution in [2.75, 3.05) is 12.3 Å². The van der Waals surface area contributed by atoms with Crippen LogP contribution >= 0.6 is 0 Å². The van der Waals surface area contributed by atoms with E-state index in [2.05, 4.69) is 0 Å². The van der Waals surface area contributed by atoms with Gasteiger partial charge in [-0.05, 0) is 44.4 Å². The summed E-state index contributed by atoms with van der Waals surface area (Å²) in [5.74, 6) is 0.276. The predicted molar refractivity (Wildman–Crippen MR) is 80.4 cm³/mol. The van der Waals surface area contributed by atoms with Crippen molar-refractivity contribution in [3.63, 3.8) is 0 Å². The van der Waals surface area contributed by atoms with Crippen LogP contribution in [0.4, 0.5) is 10.1 Å². The summed E-state index contributed by atoms with van der Waals surface area (Å²) < 4.78 is 19.7. The number of rotatable bonds is 5. The first kappa shape index (κ1) is 15.1. The first-order chi connectivity index (χ1) is 10.3. The zero-order valence-corrected chi connectivity index (χ0v) is 12.8. The average molecular weight is 308 g/mol. The number of alkyl halides is 1. The Kier molecular flexibility index (Phi) is 3.51. The molecule has 0 radical (unpaired) electrons. The van der Waals surface area contributed by atoms with Gasteiger partial charge in [0.1, 0.15) is 11.9 Å². The number of anilines is 1. The molecule has 0 bridgehead atoms. The molecule has 3 rings (SSSR count). The van der Waals surface area contributed by atoms with E-state index >= 15 is 0 Å². The lowest BCUT2D eigenvalue weighted by Gasteiger charge is -2.26. The number of nitrogens with two attached hydrogens (primary N) is 1. The van der Waals surface area contributed by atoms with E-state index in [0.717, 1.165) is 18.4 Å². The second-order valence-electron chi connectivity index (χ2n) is 6.67. The molecule has 0 unspecified atom stereocenters. The van der Waals surface area contributed by atoms with E-state index in [4.69, 9.17) is 10.5 Å². The number of hydrogen-bond donors (Lipinski definition) is 2. The third-order valence-electron chi connectivity index (χ3n) is 4.08. The van der Waals surface area contributed by atoms with E-state index in [1.807, 2.05) is 0 Å². The van der Waals surface area contributed by atoms with Crippen molar-refractivity contribution < 1.29 is 19.0 Å². The van der Waals surface area contributed by atoms with Crippen LogP contribution in [0.2, 0.25) is 0 Å². The summed E-state index contributed by atoms with van der Waals surface area (Å²) in [6.45, 7) is 2.95. The van der Waals surface area contributed by atoms with Crippen LogP contribution in [0.5, 0.6) is 5.75 Å². The van der Waals surface area contributed by atoms with Crippen LogP contribution in [0.3, 0.4) is 0 Å². The van der Waals surface area contributed by atoms with E-state index < -0.39 is 11.8 Å². The maximum atomic E-state index is 14.0. The molecule has 3 N–H and O–H groups in total. The molecule has 1 amide bonds. The highest BCUT2D eigenvalue weighted by Gasteiger charge is 2.35. The number of amides is 1. The third kappa shape index (κ3) is 2.88. The molecule has 1 atom stereocenters. The van der Waals surface area contributed by atoms with Crippen LogP contribution in [0.15, 0.2) is 12.1 Å². The average Bonchev–Trinajstić information content (AvgIpc) is 3.18. The normalized spacial score (nSPS) is 19.3. The molecular formula is C16H21FN2O3. The Morgan fingerprint density at radius 2 is 2.18 bits per heavy atom. The van der Waals surface area contributed by atoms with Gasteiger partial charge >= 0.3 is 0 Å². The van der Waals surface area contributed by atoms with Gasteiger partial charge in [-0.3, -0.25) is 4.79 Å². The van der Waals surface area contributed by atoms with Crippen LogP contribution < -0.4 is 10.5 Å². The summed E-state index contributed by atoms with van der Waals surface area (Å²) in [6.07, 6.45) is 0.695. The third-order valence-corrected chi connectivity index (χ3v) is 4.08. The minimum atomic E-state index is -1.51. The van der Waals surface area contributed by atoms with Crippen molar-refractivity contribution >= 4 is 11.6 Å². The number of aliphatic hydroxyl groups is 1. The molecule has 22 heavy (non-hydrogen) atoms. The molecular weight excluding hydrogens is 287 g/mol. The summed E-state index contributed by atoms with van der Waals surface area (Å²) in [5.41, 5.74) is 6.26. The summed E-state index contributed by atoms with van der Waals surface area (Å²) in [6, 6.07) is 3.38. The van der Waals surface area contributed by atoms with Gasteiger partial charge in [0.2, 0.25) is 0 Å². The van der Waals surface area contributed by atoms with Gasteiger partial charge < -0.3 is 20.5 Å². The molecule has 0 aromatic heterocycles. The van der Waals surface area contributed by atoms with E-state index in [0.29, 0.717) is 23.5 Å². The zero-order valence-electron chi connectivity index (χ0n) is 12.8. The fraction of sp³-hybridized carbons (Fsp3) is 0.562. The van der Waals surface area contributed by atoms with E-state index in [1.54, 1.807) is 12.1 Å². The van der Waals surface area contributed by atoms with Crippen molar-refractivity contribution in [3.05, 3.63) is 23.3 Å². The number of nitrogens with zero attached hydrogens (tertiary/aromatic N) is 1. The molecule has 1 aromatic rings. The molecule has 0 saturated heterocycles. The van der Waals surface area contributed by atoms with Gasteiger partial charge in [0.05, 0.1) is 23.9 Å². The number of fused-ring (bicyclic) bond motifs is 1. The molecule has 1 fully saturated rings. The van der Waals surface area contributed by atoms with Gasteiger partial charge in [-0.2, -0.15) is 0 Å². The SMILES string of the molecule is CC(C)(O)[C@H](F)CN1Cc2cc(N)c(OC3CC3)cc2C1=O. The molecule has 1 aliphatic carbocycles. The first-order valence-electron chi connectivity index (χ1n) is 7.50. The molecule has 1 aliphatic heterocycles. The number of nitrogen functional groups attached to an aromatic ring is 1. The molecule has 0 spiro atoms.